The quantitative estimate of drug-likeness (QED) is 0.593. The van der Waals surface area contributed by atoms with Gasteiger partial charge < -0.3 is 19.7 Å². The van der Waals surface area contributed by atoms with Gasteiger partial charge in [0.15, 0.2) is 0 Å². The fourth-order valence-electron chi connectivity index (χ4n) is 3.48. The van der Waals surface area contributed by atoms with E-state index in [-0.39, 0.29) is 19.6 Å². The second kappa shape index (κ2) is 9.03. The number of ether oxygens (including phenoxy) is 2. The predicted octanol–water partition coefficient (Wildman–Crippen LogP) is 2.65. The first-order chi connectivity index (χ1) is 13.5. The number of methoxy groups -OCH3 is 1. The van der Waals surface area contributed by atoms with Crippen molar-refractivity contribution in [2.75, 3.05) is 38.7 Å². The van der Waals surface area contributed by atoms with E-state index in [1.807, 2.05) is 6.07 Å². The summed E-state index contributed by atoms with van der Waals surface area (Å²) in [6.45, 7) is 1.18. The molecule has 1 amide bonds. The molecule has 0 aromatic carbocycles. The van der Waals surface area contributed by atoms with Gasteiger partial charge in [-0.3, -0.25) is 0 Å². The van der Waals surface area contributed by atoms with E-state index in [9.17, 15) is 9.59 Å². The second-order valence-corrected chi connectivity index (χ2v) is 7.17. The number of nitrogens with one attached hydrogen (secondary N) is 1. The van der Waals surface area contributed by atoms with Crippen molar-refractivity contribution in [1.82, 2.24) is 9.88 Å². The Morgan fingerprint density at radius 2 is 2.29 bits per heavy atom. The highest BCUT2D eigenvalue weighted by atomic mass is 19.1. The maximum atomic E-state index is 15.1. The number of aryl methyl sites for hydroxylation is 2. The molecule has 28 heavy (non-hydrogen) atoms. The van der Waals surface area contributed by atoms with E-state index >= 15 is 4.39 Å². The zero-order valence-electron chi connectivity index (χ0n) is 16.1. The van der Waals surface area contributed by atoms with Gasteiger partial charge in [-0.05, 0) is 43.4 Å². The third kappa shape index (κ3) is 5.21. The van der Waals surface area contributed by atoms with E-state index < -0.39 is 17.7 Å². The maximum Gasteiger partial charge on any atom is 0.410 e. The van der Waals surface area contributed by atoms with E-state index in [2.05, 4.69) is 21.1 Å². The number of fused-ring (bicyclic) bond motifs is 1. The van der Waals surface area contributed by atoms with Crippen molar-refractivity contribution in [1.29, 1.82) is 0 Å². The average molecular weight is 391 g/mol. The minimum Gasteiger partial charge on any atom is -0.466 e. The zero-order chi connectivity index (χ0) is 20.0. The Kier molecular flexibility index (Phi) is 6.49. The monoisotopic (exact) mass is 391 g/mol. The second-order valence-electron chi connectivity index (χ2n) is 7.17. The largest absolute Gasteiger partial charge is 0.466 e. The molecule has 1 saturated heterocycles. The van der Waals surface area contributed by atoms with Gasteiger partial charge >= 0.3 is 12.1 Å². The van der Waals surface area contributed by atoms with Crippen LogP contribution in [-0.2, 0) is 27.1 Å². The molecule has 1 aromatic heterocycles. The van der Waals surface area contributed by atoms with Crippen molar-refractivity contribution < 1.29 is 23.5 Å². The summed E-state index contributed by atoms with van der Waals surface area (Å²) in [6.07, 6.45) is 5.23. The summed E-state index contributed by atoms with van der Waals surface area (Å²) < 4.78 is 24.6. The number of halogens is 1. The standard InChI is InChI=1S/C20H26FN3O4/c1-27-17(25)5-3-13-28-19(26)24-12-10-20(21,14-24)9-8-16-7-6-15-4-2-11-22-18(15)23-16/h3,5-7H,2,4,8-14H2,1H3,(H,22,23)/b5-3+. The van der Waals surface area contributed by atoms with E-state index in [0.717, 1.165) is 30.9 Å². The lowest BCUT2D eigenvalue weighted by atomic mass is 9.97. The van der Waals surface area contributed by atoms with Crippen LogP contribution < -0.4 is 5.32 Å². The molecule has 0 radical (unpaired) electrons. The molecule has 0 aliphatic carbocycles. The summed E-state index contributed by atoms with van der Waals surface area (Å²) in [6, 6.07) is 4.03. The minimum atomic E-state index is -1.44. The van der Waals surface area contributed by atoms with E-state index in [4.69, 9.17) is 4.74 Å². The van der Waals surface area contributed by atoms with E-state index in [1.165, 1.54) is 29.7 Å². The van der Waals surface area contributed by atoms with Crippen molar-refractivity contribution in [3.05, 3.63) is 35.5 Å². The summed E-state index contributed by atoms with van der Waals surface area (Å²) in [4.78, 5) is 29.0. The van der Waals surface area contributed by atoms with Crippen LogP contribution in [0.1, 0.15) is 30.5 Å². The Labute approximate surface area is 163 Å². The number of hydrogen-bond donors (Lipinski definition) is 1. The number of nitrogens with zero attached hydrogens (tertiary/aromatic N) is 2. The van der Waals surface area contributed by atoms with Gasteiger partial charge in [-0.1, -0.05) is 6.07 Å². The maximum absolute atomic E-state index is 15.1. The molecule has 152 valence electrons. The smallest absolute Gasteiger partial charge is 0.410 e. The van der Waals surface area contributed by atoms with Crippen LogP contribution in [0.4, 0.5) is 15.0 Å². The molecule has 8 heteroatoms. The van der Waals surface area contributed by atoms with Gasteiger partial charge in [0.2, 0.25) is 0 Å². The summed E-state index contributed by atoms with van der Waals surface area (Å²) >= 11 is 0. The molecule has 3 rings (SSSR count). The Balaban J connectivity index is 1.46. The molecule has 1 atom stereocenters. The number of anilines is 1. The number of alkyl halides is 1. The lowest BCUT2D eigenvalue weighted by Gasteiger charge is -2.21. The van der Waals surface area contributed by atoms with Gasteiger partial charge in [-0.15, -0.1) is 0 Å². The molecule has 3 heterocycles. The van der Waals surface area contributed by atoms with Crippen molar-refractivity contribution in [2.24, 2.45) is 0 Å². The molecule has 0 bridgehead atoms. The average Bonchev–Trinajstić information content (AvgIpc) is 3.12. The van der Waals surface area contributed by atoms with Gasteiger partial charge in [0.25, 0.3) is 0 Å². The molecule has 1 unspecified atom stereocenters. The Morgan fingerprint density at radius 3 is 3.11 bits per heavy atom. The van der Waals surface area contributed by atoms with Crippen LogP contribution in [-0.4, -0.2) is 61.0 Å². The lowest BCUT2D eigenvalue weighted by Crippen LogP contribution is -2.34. The summed E-state index contributed by atoms with van der Waals surface area (Å²) in [5.74, 6) is 0.388. The van der Waals surface area contributed by atoms with Crippen LogP contribution >= 0.6 is 0 Å². The molecule has 1 fully saturated rings. The molecule has 0 spiro atoms. The van der Waals surface area contributed by atoms with Crippen LogP contribution in [0.2, 0.25) is 0 Å². The fourth-order valence-corrected chi connectivity index (χ4v) is 3.48. The van der Waals surface area contributed by atoms with Crippen LogP contribution in [0.15, 0.2) is 24.3 Å². The first-order valence-corrected chi connectivity index (χ1v) is 9.57. The third-order valence-electron chi connectivity index (χ3n) is 5.10. The molecule has 1 aromatic rings. The van der Waals surface area contributed by atoms with Crippen molar-refractivity contribution in [3.63, 3.8) is 0 Å². The van der Waals surface area contributed by atoms with Crippen LogP contribution in [0, 0.1) is 0 Å². The molecule has 7 nitrogen and oxygen atoms in total. The third-order valence-corrected chi connectivity index (χ3v) is 5.10. The lowest BCUT2D eigenvalue weighted by molar-refractivity contribution is -0.134. The summed E-state index contributed by atoms with van der Waals surface area (Å²) in [5, 5.41) is 3.29. The molecule has 2 aliphatic rings. The number of hydrogen-bond acceptors (Lipinski definition) is 6. The number of esters is 1. The van der Waals surface area contributed by atoms with Crippen LogP contribution in [0.3, 0.4) is 0 Å². The van der Waals surface area contributed by atoms with E-state index in [0.29, 0.717) is 19.4 Å². The fraction of sp³-hybridized carbons (Fsp3) is 0.550. The highest BCUT2D eigenvalue weighted by Gasteiger charge is 2.40. The number of amides is 1. The first-order valence-electron chi connectivity index (χ1n) is 9.57. The Morgan fingerprint density at radius 1 is 1.43 bits per heavy atom. The van der Waals surface area contributed by atoms with Crippen molar-refractivity contribution >= 4 is 17.9 Å². The highest BCUT2D eigenvalue weighted by Crippen LogP contribution is 2.31. The molecular weight excluding hydrogens is 365 g/mol. The van der Waals surface area contributed by atoms with Gasteiger partial charge in [0.1, 0.15) is 18.1 Å². The number of likely N-dealkylation sites (tertiary alicyclic amines) is 1. The molecule has 1 N–H and O–H groups in total. The number of carbonyl (C=O) groups excluding carboxylic acids is 2. The SMILES string of the molecule is COC(=O)/C=C/COC(=O)N1CCC(F)(CCc2ccc3c(n2)NCCC3)C1. The highest BCUT2D eigenvalue weighted by molar-refractivity contribution is 5.81. The van der Waals surface area contributed by atoms with Gasteiger partial charge in [-0.2, -0.15) is 0 Å². The zero-order valence-corrected chi connectivity index (χ0v) is 16.1. The van der Waals surface area contributed by atoms with Gasteiger partial charge in [0, 0.05) is 31.3 Å². The molecule has 2 aliphatic heterocycles. The molecule has 0 saturated carbocycles. The summed E-state index contributed by atoms with van der Waals surface area (Å²) in [5.41, 5.74) is 0.631. The van der Waals surface area contributed by atoms with Crippen molar-refractivity contribution in [2.45, 2.75) is 37.8 Å². The van der Waals surface area contributed by atoms with Crippen LogP contribution in [0.25, 0.3) is 0 Å². The van der Waals surface area contributed by atoms with Gasteiger partial charge in [0.05, 0.1) is 13.7 Å². The Hall–Kier alpha value is -2.64. The number of rotatable bonds is 6. The van der Waals surface area contributed by atoms with Crippen molar-refractivity contribution in [3.8, 4) is 0 Å². The molecular formula is C20H26FN3O4. The number of aromatic nitrogens is 1. The van der Waals surface area contributed by atoms with Crippen LogP contribution in [0.5, 0.6) is 0 Å². The number of carbonyl (C=O) groups is 2. The topological polar surface area (TPSA) is 80.8 Å². The van der Waals surface area contributed by atoms with Gasteiger partial charge in [-0.25, -0.2) is 19.0 Å². The normalized spacial score (nSPS) is 21.3. The first kappa shape index (κ1) is 20.1. The minimum absolute atomic E-state index is 0.00966. The predicted molar refractivity (Wildman–Crippen MR) is 102 cm³/mol. The number of pyridine rings is 1. The summed E-state index contributed by atoms with van der Waals surface area (Å²) in [7, 11) is 1.26. The Bertz CT molecular complexity index is 755. The van der Waals surface area contributed by atoms with E-state index in [1.54, 1.807) is 0 Å².